The fraction of sp³-hybridized carbons (Fsp3) is 0.391. The Labute approximate surface area is 189 Å². The molecule has 0 bridgehead atoms. The van der Waals surface area contributed by atoms with Gasteiger partial charge in [0.25, 0.3) is 10.0 Å². The van der Waals surface area contributed by atoms with E-state index < -0.39 is 15.4 Å². The number of amides is 2. The number of sulfonamides is 1. The third kappa shape index (κ3) is 5.04. The van der Waals surface area contributed by atoms with Gasteiger partial charge in [-0.05, 0) is 69.7 Å². The predicted octanol–water partition coefficient (Wildman–Crippen LogP) is 4.00. The van der Waals surface area contributed by atoms with Crippen LogP contribution in [0.2, 0.25) is 0 Å². The average Bonchev–Trinajstić information content (AvgIpc) is 2.82. The van der Waals surface area contributed by atoms with E-state index in [1.54, 1.807) is 35.2 Å². The van der Waals surface area contributed by atoms with E-state index in [0.29, 0.717) is 35.8 Å². The van der Waals surface area contributed by atoms with Crippen LogP contribution in [0.4, 0.5) is 17.1 Å². The van der Waals surface area contributed by atoms with Crippen molar-refractivity contribution in [2.45, 2.75) is 45.4 Å². The maximum Gasteiger partial charge on any atom is 0.261 e. The first-order valence-electron chi connectivity index (χ1n) is 10.6. The van der Waals surface area contributed by atoms with Crippen molar-refractivity contribution in [1.82, 2.24) is 0 Å². The quantitative estimate of drug-likeness (QED) is 0.651. The molecule has 9 heteroatoms. The first kappa shape index (κ1) is 23.6. The smallest absolute Gasteiger partial charge is 0.261 e. The van der Waals surface area contributed by atoms with Gasteiger partial charge in [0.2, 0.25) is 11.8 Å². The number of ether oxygens (including phenoxy) is 1. The van der Waals surface area contributed by atoms with Crippen LogP contribution in [0.1, 0.15) is 40.5 Å². The monoisotopic (exact) mass is 459 g/mol. The van der Waals surface area contributed by atoms with Gasteiger partial charge in [0.15, 0.2) is 0 Å². The summed E-state index contributed by atoms with van der Waals surface area (Å²) in [4.78, 5) is 26.3. The fourth-order valence-corrected chi connectivity index (χ4v) is 4.45. The molecule has 1 aliphatic heterocycles. The van der Waals surface area contributed by atoms with Gasteiger partial charge in [-0.2, -0.15) is 0 Å². The molecule has 0 spiro atoms. The molecule has 0 unspecified atom stereocenters. The number of carbonyl (C=O) groups is 2. The van der Waals surface area contributed by atoms with Crippen LogP contribution in [-0.2, 0) is 19.6 Å². The van der Waals surface area contributed by atoms with Crippen LogP contribution in [0.25, 0.3) is 0 Å². The number of hydrogen-bond donors (Lipinski definition) is 2. The van der Waals surface area contributed by atoms with E-state index in [4.69, 9.17) is 4.74 Å². The second kappa shape index (κ2) is 9.20. The van der Waals surface area contributed by atoms with Crippen molar-refractivity contribution in [3.63, 3.8) is 0 Å². The number of nitrogens with zero attached hydrogens (tertiary/aromatic N) is 1. The number of rotatable bonds is 7. The normalized spacial score (nSPS) is 15.4. The van der Waals surface area contributed by atoms with Crippen molar-refractivity contribution < 1.29 is 22.7 Å². The van der Waals surface area contributed by atoms with Crippen molar-refractivity contribution in [3.05, 3.63) is 42.5 Å². The van der Waals surface area contributed by atoms with Crippen LogP contribution >= 0.6 is 0 Å². The first-order chi connectivity index (χ1) is 15.1. The molecule has 0 radical (unpaired) electrons. The van der Waals surface area contributed by atoms with Crippen molar-refractivity contribution in [1.29, 1.82) is 0 Å². The summed E-state index contributed by atoms with van der Waals surface area (Å²) in [6.07, 6.45) is 1.13. The van der Waals surface area contributed by atoms with E-state index in [1.807, 2.05) is 27.7 Å². The molecule has 2 aromatic carbocycles. The highest BCUT2D eigenvalue weighted by atomic mass is 32.2. The molecule has 0 saturated carbocycles. The minimum Gasteiger partial charge on any atom is -0.490 e. The van der Waals surface area contributed by atoms with Crippen LogP contribution in [0.5, 0.6) is 5.75 Å². The molecular formula is C23H29N3O5S. The lowest BCUT2D eigenvalue weighted by Crippen LogP contribution is -2.42. The zero-order valence-electron chi connectivity index (χ0n) is 18.8. The average molecular weight is 460 g/mol. The summed E-state index contributed by atoms with van der Waals surface area (Å²) >= 11 is 0. The number of fused-ring (bicyclic) bond motifs is 1. The third-order valence-electron chi connectivity index (χ3n) is 5.16. The molecule has 1 aliphatic rings. The van der Waals surface area contributed by atoms with Crippen LogP contribution < -0.4 is 19.7 Å². The SMILES string of the molecule is CCCC(=O)Nc1ccc(S(=O)(=O)Nc2ccc3c(c2)N(CC)C(=O)C(C)(C)CO3)cc1. The second-order valence-electron chi connectivity index (χ2n) is 8.33. The van der Waals surface area contributed by atoms with E-state index >= 15 is 0 Å². The van der Waals surface area contributed by atoms with Crippen LogP contribution in [0, 0.1) is 5.41 Å². The standard InChI is InChI=1S/C23H29N3O5S/c1-5-7-21(27)24-16-8-11-18(12-9-16)32(29,30)25-17-10-13-20-19(14-17)26(6-2)22(28)23(3,4)15-31-20/h8-14,25H,5-7,15H2,1-4H3,(H,24,27). The summed E-state index contributed by atoms with van der Waals surface area (Å²) in [5.41, 5.74) is 0.684. The highest BCUT2D eigenvalue weighted by Crippen LogP contribution is 2.38. The minimum atomic E-state index is -3.87. The molecule has 2 amide bonds. The van der Waals surface area contributed by atoms with Crippen molar-refractivity contribution in [2.24, 2.45) is 5.41 Å². The van der Waals surface area contributed by atoms with Gasteiger partial charge < -0.3 is 15.0 Å². The molecule has 3 rings (SSSR count). The number of carbonyl (C=O) groups excluding carboxylic acids is 2. The van der Waals surface area contributed by atoms with Gasteiger partial charge in [-0.15, -0.1) is 0 Å². The molecule has 172 valence electrons. The summed E-state index contributed by atoms with van der Waals surface area (Å²) in [5.74, 6) is 0.326. The Hall–Kier alpha value is -3.07. The minimum absolute atomic E-state index is 0.0572. The zero-order valence-corrected chi connectivity index (χ0v) is 19.6. The maximum atomic E-state index is 12.9. The summed E-state index contributed by atoms with van der Waals surface area (Å²) in [6.45, 7) is 8.08. The Morgan fingerprint density at radius 3 is 2.38 bits per heavy atom. The molecule has 2 N–H and O–H groups in total. The Balaban J connectivity index is 1.83. The molecule has 0 aromatic heterocycles. The van der Waals surface area contributed by atoms with Gasteiger partial charge in [0.1, 0.15) is 12.4 Å². The van der Waals surface area contributed by atoms with E-state index in [2.05, 4.69) is 10.0 Å². The topological polar surface area (TPSA) is 105 Å². The van der Waals surface area contributed by atoms with E-state index in [0.717, 1.165) is 6.42 Å². The molecule has 0 aliphatic carbocycles. The van der Waals surface area contributed by atoms with Gasteiger partial charge in [0, 0.05) is 18.7 Å². The van der Waals surface area contributed by atoms with Gasteiger partial charge in [-0.3, -0.25) is 14.3 Å². The van der Waals surface area contributed by atoms with E-state index in [-0.39, 0.29) is 23.3 Å². The summed E-state index contributed by atoms with van der Waals surface area (Å²) in [6, 6.07) is 10.8. The highest BCUT2D eigenvalue weighted by molar-refractivity contribution is 7.92. The van der Waals surface area contributed by atoms with Crippen LogP contribution in [0.3, 0.4) is 0 Å². The lowest BCUT2D eigenvalue weighted by Gasteiger charge is -2.27. The molecule has 1 heterocycles. The van der Waals surface area contributed by atoms with Gasteiger partial charge in [-0.1, -0.05) is 6.92 Å². The molecule has 0 atom stereocenters. The van der Waals surface area contributed by atoms with E-state index in [1.165, 1.54) is 12.1 Å². The molecule has 8 nitrogen and oxygen atoms in total. The van der Waals surface area contributed by atoms with Crippen molar-refractivity contribution in [3.8, 4) is 5.75 Å². The first-order valence-corrected chi connectivity index (χ1v) is 12.1. The van der Waals surface area contributed by atoms with Gasteiger partial charge in [0.05, 0.1) is 21.7 Å². The zero-order chi connectivity index (χ0) is 23.5. The van der Waals surface area contributed by atoms with Crippen molar-refractivity contribution >= 4 is 38.9 Å². The molecule has 32 heavy (non-hydrogen) atoms. The lowest BCUT2D eigenvalue weighted by atomic mass is 9.93. The number of nitrogens with one attached hydrogen (secondary N) is 2. The Morgan fingerprint density at radius 1 is 1.09 bits per heavy atom. The molecule has 2 aromatic rings. The summed E-state index contributed by atoms with van der Waals surface area (Å²) in [5, 5.41) is 2.73. The second-order valence-corrected chi connectivity index (χ2v) is 10.0. The highest BCUT2D eigenvalue weighted by Gasteiger charge is 2.37. The lowest BCUT2D eigenvalue weighted by molar-refractivity contribution is -0.127. The van der Waals surface area contributed by atoms with Gasteiger partial charge in [-0.25, -0.2) is 8.42 Å². The Kier molecular flexibility index (Phi) is 6.78. The molecule has 0 fully saturated rings. The number of hydrogen-bond acceptors (Lipinski definition) is 5. The van der Waals surface area contributed by atoms with Gasteiger partial charge >= 0.3 is 0 Å². The third-order valence-corrected chi connectivity index (χ3v) is 6.55. The Morgan fingerprint density at radius 2 is 1.75 bits per heavy atom. The van der Waals surface area contributed by atoms with Crippen LogP contribution in [-0.4, -0.2) is 33.4 Å². The molecular weight excluding hydrogens is 430 g/mol. The predicted molar refractivity (Wildman–Crippen MR) is 125 cm³/mol. The maximum absolute atomic E-state index is 12.9. The van der Waals surface area contributed by atoms with E-state index in [9.17, 15) is 18.0 Å². The summed E-state index contributed by atoms with van der Waals surface area (Å²) in [7, 11) is -3.87. The fourth-order valence-electron chi connectivity index (χ4n) is 3.40. The number of benzene rings is 2. The Bertz CT molecular complexity index is 1110. The van der Waals surface area contributed by atoms with Crippen LogP contribution in [0.15, 0.2) is 47.4 Å². The molecule has 0 saturated heterocycles. The largest absolute Gasteiger partial charge is 0.490 e. The number of anilines is 3. The summed E-state index contributed by atoms with van der Waals surface area (Å²) < 4.78 is 34.1. The van der Waals surface area contributed by atoms with Crippen molar-refractivity contribution in [2.75, 3.05) is 28.1 Å².